The van der Waals surface area contributed by atoms with Crippen molar-refractivity contribution in [2.75, 3.05) is 27.2 Å². The summed E-state index contributed by atoms with van der Waals surface area (Å²) in [5, 5.41) is 13.0. The molecule has 0 aliphatic carbocycles. The number of aliphatic imine (C=N–C) groups is 1. The van der Waals surface area contributed by atoms with Gasteiger partial charge in [0.2, 0.25) is 0 Å². The predicted octanol–water partition coefficient (Wildman–Crippen LogP) is 2.46. The molecular weight excluding hydrogens is 435 g/mol. The van der Waals surface area contributed by atoms with E-state index in [1.54, 1.807) is 17.5 Å². The van der Waals surface area contributed by atoms with Gasteiger partial charge in [0.05, 0.1) is 18.3 Å². The van der Waals surface area contributed by atoms with Gasteiger partial charge in [-0.3, -0.25) is 4.68 Å². The van der Waals surface area contributed by atoms with Crippen LogP contribution in [0.1, 0.15) is 23.5 Å². The average molecular weight is 462 g/mol. The van der Waals surface area contributed by atoms with Gasteiger partial charge in [0.1, 0.15) is 0 Å². The minimum Gasteiger partial charge on any atom is -0.357 e. The topological polar surface area (TPSA) is 57.5 Å². The number of thiophene rings is 1. The Bertz CT molecular complexity index is 608. The summed E-state index contributed by atoms with van der Waals surface area (Å²) < 4.78 is 1.85. The van der Waals surface area contributed by atoms with Crippen LogP contribution in [0, 0.1) is 0 Å². The van der Waals surface area contributed by atoms with E-state index >= 15 is 0 Å². The Kier molecular flexibility index (Phi) is 9.30. The first kappa shape index (κ1) is 20.9. The van der Waals surface area contributed by atoms with E-state index in [2.05, 4.69) is 64.2 Å². The highest BCUT2D eigenvalue weighted by Crippen LogP contribution is 2.22. The smallest absolute Gasteiger partial charge is 0.191 e. The van der Waals surface area contributed by atoms with Crippen LogP contribution >= 0.6 is 35.3 Å². The van der Waals surface area contributed by atoms with Crippen molar-refractivity contribution in [1.82, 2.24) is 25.3 Å². The quantitative estimate of drug-likeness (QED) is 0.377. The van der Waals surface area contributed by atoms with Crippen molar-refractivity contribution in [3.63, 3.8) is 0 Å². The third-order valence-corrected chi connectivity index (χ3v) is 4.60. The molecule has 134 valence electrons. The number of guanidine groups is 1. The molecule has 2 rings (SSSR count). The van der Waals surface area contributed by atoms with Crippen LogP contribution in [0.2, 0.25) is 0 Å². The Morgan fingerprint density at radius 2 is 2.17 bits per heavy atom. The number of rotatable bonds is 7. The fourth-order valence-corrected chi connectivity index (χ4v) is 3.19. The minimum atomic E-state index is 0. The van der Waals surface area contributed by atoms with E-state index in [-0.39, 0.29) is 24.0 Å². The predicted molar refractivity (Wildman–Crippen MR) is 112 cm³/mol. The van der Waals surface area contributed by atoms with Crippen LogP contribution in [-0.2, 0) is 13.6 Å². The third kappa shape index (κ3) is 6.06. The lowest BCUT2D eigenvalue weighted by molar-refractivity contribution is 0.302. The molecule has 2 aromatic heterocycles. The second-order valence-electron chi connectivity index (χ2n) is 5.52. The summed E-state index contributed by atoms with van der Waals surface area (Å²) in [7, 11) is 6.14. The molecule has 1 atom stereocenters. The summed E-state index contributed by atoms with van der Waals surface area (Å²) in [6, 6.07) is 6.59. The maximum atomic E-state index is 4.65. The Morgan fingerprint density at radius 1 is 1.38 bits per heavy atom. The molecule has 8 heteroatoms. The summed E-state index contributed by atoms with van der Waals surface area (Å²) in [5.74, 6) is 0.831. The van der Waals surface area contributed by atoms with Crippen LogP contribution in [0.5, 0.6) is 0 Å². The number of aryl methyl sites for hydroxylation is 1. The molecule has 0 spiro atoms. The van der Waals surface area contributed by atoms with Gasteiger partial charge in [-0.05, 0) is 38.5 Å². The molecule has 0 aromatic carbocycles. The van der Waals surface area contributed by atoms with Gasteiger partial charge in [0.15, 0.2) is 5.96 Å². The van der Waals surface area contributed by atoms with E-state index in [4.69, 9.17) is 0 Å². The minimum absolute atomic E-state index is 0. The fourth-order valence-electron chi connectivity index (χ4n) is 2.27. The van der Waals surface area contributed by atoms with Crippen molar-refractivity contribution in [3.8, 4) is 0 Å². The average Bonchev–Trinajstić information content (AvgIpc) is 3.16. The zero-order chi connectivity index (χ0) is 16.7. The van der Waals surface area contributed by atoms with Gasteiger partial charge in [-0.1, -0.05) is 6.07 Å². The van der Waals surface area contributed by atoms with Crippen LogP contribution in [0.15, 0.2) is 34.8 Å². The van der Waals surface area contributed by atoms with E-state index in [1.807, 2.05) is 17.8 Å². The van der Waals surface area contributed by atoms with Crippen molar-refractivity contribution in [2.45, 2.75) is 19.5 Å². The van der Waals surface area contributed by atoms with Crippen LogP contribution < -0.4 is 10.6 Å². The Morgan fingerprint density at radius 3 is 2.71 bits per heavy atom. The number of hydrogen-bond acceptors (Lipinski definition) is 4. The first-order chi connectivity index (χ1) is 11.1. The monoisotopic (exact) mass is 462 g/mol. The molecule has 0 aliphatic rings. The van der Waals surface area contributed by atoms with Crippen LogP contribution in [-0.4, -0.2) is 47.8 Å². The molecule has 2 aromatic rings. The van der Waals surface area contributed by atoms with E-state index in [0.717, 1.165) is 24.7 Å². The van der Waals surface area contributed by atoms with Crippen molar-refractivity contribution in [2.24, 2.45) is 12.0 Å². The summed E-state index contributed by atoms with van der Waals surface area (Å²) in [5.41, 5.74) is 1.09. The molecule has 2 heterocycles. The molecule has 0 aliphatic heterocycles. The lowest BCUT2D eigenvalue weighted by Crippen LogP contribution is -2.41. The van der Waals surface area contributed by atoms with E-state index in [0.29, 0.717) is 12.6 Å². The van der Waals surface area contributed by atoms with Crippen molar-refractivity contribution in [3.05, 3.63) is 40.3 Å². The standard InChI is InChI=1S/C16H26N6S.HI/c1-5-17-16(18-11-13-8-9-20-22(13)4)19-12-14(21(2)3)15-7-6-10-23-15;/h6-10,14H,5,11-12H2,1-4H3,(H2,17,18,19);1H. The lowest BCUT2D eigenvalue weighted by Gasteiger charge is -2.24. The second-order valence-corrected chi connectivity index (χ2v) is 6.50. The maximum absolute atomic E-state index is 4.65. The van der Waals surface area contributed by atoms with Crippen LogP contribution in [0.3, 0.4) is 0 Å². The first-order valence-electron chi connectivity index (χ1n) is 7.80. The van der Waals surface area contributed by atoms with Gasteiger partial charge in [0.25, 0.3) is 0 Å². The molecule has 0 amide bonds. The van der Waals surface area contributed by atoms with Crippen molar-refractivity contribution in [1.29, 1.82) is 0 Å². The molecule has 0 bridgehead atoms. The summed E-state index contributed by atoms with van der Waals surface area (Å²) in [4.78, 5) is 8.23. The van der Waals surface area contributed by atoms with E-state index < -0.39 is 0 Å². The molecular formula is C16H27IN6S. The molecule has 24 heavy (non-hydrogen) atoms. The third-order valence-electron chi connectivity index (χ3n) is 3.62. The largest absolute Gasteiger partial charge is 0.357 e. The zero-order valence-corrected chi connectivity index (χ0v) is 17.8. The maximum Gasteiger partial charge on any atom is 0.191 e. The molecule has 0 saturated heterocycles. The second kappa shape index (κ2) is 10.7. The highest BCUT2D eigenvalue weighted by molar-refractivity contribution is 14.0. The molecule has 0 saturated carbocycles. The Hall–Kier alpha value is -1.13. The van der Waals surface area contributed by atoms with Gasteiger partial charge in [-0.15, -0.1) is 35.3 Å². The highest BCUT2D eigenvalue weighted by atomic mass is 127. The summed E-state index contributed by atoms with van der Waals surface area (Å²) in [6.07, 6.45) is 1.80. The van der Waals surface area contributed by atoms with E-state index in [1.165, 1.54) is 4.88 Å². The normalized spacial score (nSPS) is 12.8. The summed E-state index contributed by atoms with van der Waals surface area (Å²) in [6.45, 7) is 4.33. The molecule has 0 radical (unpaired) electrons. The number of likely N-dealkylation sites (N-methyl/N-ethyl adjacent to an activating group) is 1. The van der Waals surface area contributed by atoms with Gasteiger partial charge in [-0.25, -0.2) is 4.99 Å². The number of halogens is 1. The SMILES string of the molecule is CCNC(=NCc1ccnn1C)NCC(c1cccs1)N(C)C.I. The molecule has 0 fully saturated rings. The van der Waals surface area contributed by atoms with Gasteiger partial charge in [0, 0.05) is 31.2 Å². The molecule has 2 N–H and O–H groups in total. The van der Waals surface area contributed by atoms with E-state index in [9.17, 15) is 0 Å². The number of hydrogen-bond donors (Lipinski definition) is 2. The van der Waals surface area contributed by atoms with Gasteiger partial charge < -0.3 is 15.5 Å². The van der Waals surface area contributed by atoms with Crippen molar-refractivity contribution >= 4 is 41.3 Å². The van der Waals surface area contributed by atoms with Crippen molar-refractivity contribution < 1.29 is 0 Å². The van der Waals surface area contributed by atoms with Crippen LogP contribution in [0.4, 0.5) is 0 Å². The highest BCUT2D eigenvalue weighted by Gasteiger charge is 2.15. The molecule has 6 nitrogen and oxygen atoms in total. The summed E-state index contributed by atoms with van der Waals surface area (Å²) >= 11 is 1.78. The van der Waals surface area contributed by atoms with Gasteiger partial charge in [-0.2, -0.15) is 5.10 Å². The Balaban J connectivity index is 0.00000288. The fraction of sp³-hybridized carbons (Fsp3) is 0.500. The van der Waals surface area contributed by atoms with Crippen LogP contribution in [0.25, 0.3) is 0 Å². The number of nitrogens with zero attached hydrogens (tertiary/aromatic N) is 4. The molecule has 1 unspecified atom stereocenters. The van der Waals surface area contributed by atoms with Gasteiger partial charge >= 0.3 is 0 Å². The number of aromatic nitrogens is 2. The first-order valence-corrected chi connectivity index (χ1v) is 8.68. The Labute approximate surface area is 165 Å². The number of nitrogens with one attached hydrogen (secondary N) is 2. The zero-order valence-electron chi connectivity index (χ0n) is 14.7. The lowest BCUT2D eigenvalue weighted by atomic mass is 10.2.